The van der Waals surface area contributed by atoms with Crippen molar-refractivity contribution < 1.29 is 4.79 Å². The average Bonchev–Trinajstić information content (AvgIpc) is 3.38. The summed E-state index contributed by atoms with van der Waals surface area (Å²) in [5.74, 6) is 1.02. The number of aromatic nitrogens is 5. The lowest BCUT2D eigenvalue weighted by Gasteiger charge is -2.12. The second-order valence-electron chi connectivity index (χ2n) is 8.43. The van der Waals surface area contributed by atoms with Crippen LogP contribution in [0.4, 0.5) is 17.3 Å². The van der Waals surface area contributed by atoms with Gasteiger partial charge < -0.3 is 15.2 Å². The van der Waals surface area contributed by atoms with Gasteiger partial charge in [-0.1, -0.05) is 24.8 Å². The van der Waals surface area contributed by atoms with Gasteiger partial charge in [-0.15, -0.1) is 0 Å². The first-order valence-corrected chi connectivity index (χ1v) is 11.7. The molecule has 2 N–H and O–H groups in total. The molecule has 0 aliphatic rings. The van der Waals surface area contributed by atoms with Crippen LogP contribution < -0.4 is 10.6 Å². The molecule has 1 amide bonds. The lowest BCUT2D eigenvalue weighted by molar-refractivity contribution is 0.102. The molecule has 5 aromatic rings. The average molecular weight is 488 g/mol. The summed E-state index contributed by atoms with van der Waals surface area (Å²) in [5.41, 5.74) is 5.64. The van der Waals surface area contributed by atoms with E-state index in [1.54, 1.807) is 43.0 Å². The van der Waals surface area contributed by atoms with Crippen molar-refractivity contribution in [2.24, 2.45) is 0 Å². The SMILES string of the molecule is C=Cc1nccn1Cc1cccc(NC(=O)c2ccc(C)c(Nc3nccc(-c4cccnc4)n3)c2)c1. The Bertz CT molecular complexity index is 1560. The van der Waals surface area contributed by atoms with Crippen LogP contribution in [0.2, 0.25) is 0 Å². The third-order valence-corrected chi connectivity index (χ3v) is 5.83. The minimum atomic E-state index is -0.209. The van der Waals surface area contributed by atoms with Crippen molar-refractivity contribution in [1.82, 2.24) is 24.5 Å². The maximum Gasteiger partial charge on any atom is 0.255 e. The molecule has 0 saturated heterocycles. The van der Waals surface area contributed by atoms with E-state index in [1.807, 2.05) is 66.2 Å². The number of carbonyl (C=O) groups excluding carboxylic acids is 1. The number of rotatable bonds is 8. The Labute approximate surface area is 214 Å². The summed E-state index contributed by atoms with van der Waals surface area (Å²) in [6.07, 6.45) is 10.5. The van der Waals surface area contributed by atoms with E-state index in [1.165, 1.54) is 0 Å². The van der Waals surface area contributed by atoms with Gasteiger partial charge in [-0.25, -0.2) is 15.0 Å². The molecule has 2 aromatic carbocycles. The highest BCUT2D eigenvalue weighted by molar-refractivity contribution is 6.05. The molecular formula is C29H25N7O. The monoisotopic (exact) mass is 487 g/mol. The number of hydrogen-bond donors (Lipinski definition) is 2. The van der Waals surface area contributed by atoms with Crippen molar-refractivity contribution in [3.8, 4) is 11.3 Å². The summed E-state index contributed by atoms with van der Waals surface area (Å²) in [6, 6.07) is 18.9. The Morgan fingerprint density at radius 1 is 1.03 bits per heavy atom. The first-order chi connectivity index (χ1) is 18.1. The first-order valence-electron chi connectivity index (χ1n) is 11.7. The molecule has 0 radical (unpaired) electrons. The number of hydrogen-bond acceptors (Lipinski definition) is 6. The molecule has 0 bridgehead atoms. The Kier molecular flexibility index (Phi) is 6.80. The largest absolute Gasteiger partial charge is 0.327 e. The first kappa shape index (κ1) is 23.6. The van der Waals surface area contributed by atoms with Gasteiger partial charge in [0.15, 0.2) is 0 Å². The smallest absolute Gasteiger partial charge is 0.255 e. The molecule has 182 valence electrons. The minimum absolute atomic E-state index is 0.209. The summed E-state index contributed by atoms with van der Waals surface area (Å²) in [5, 5.41) is 6.24. The Morgan fingerprint density at radius 3 is 2.78 bits per heavy atom. The van der Waals surface area contributed by atoms with Crippen LogP contribution in [0.15, 0.2) is 98.2 Å². The molecule has 8 nitrogen and oxygen atoms in total. The fourth-order valence-electron chi connectivity index (χ4n) is 3.90. The van der Waals surface area contributed by atoms with Gasteiger partial charge >= 0.3 is 0 Å². The van der Waals surface area contributed by atoms with Crippen molar-refractivity contribution in [1.29, 1.82) is 0 Å². The highest BCUT2D eigenvalue weighted by atomic mass is 16.1. The van der Waals surface area contributed by atoms with Crippen molar-refractivity contribution in [3.63, 3.8) is 0 Å². The quantitative estimate of drug-likeness (QED) is 0.290. The van der Waals surface area contributed by atoms with E-state index in [4.69, 9.17) is 0 Å². The number of pyridine rings is 1. The number of nitrogens with zero attached hydrogens (tertiary/aromatic N) is 5. The van der Waals surface area contributed by atoms with E-state index in [9.17, 15) is 4.79 Å². The minimum Gasteiger partial charge on any atom is -0.327 e. The highest BCUT2D eigenvalue weighted by Crippen LogP contribution is 2.23. The van der Waals surface area contributed by atoms with Crippen LogP contribution >= 0.6 is 0 Å². The summed E-state index contributed by atoms with van der Waals surface area (Å²) in [6.45, 7) is 6.39. The zero-order valence-electron chi connectivity index (χ0n) is 20.3. The van der Waals surface area contributed by atoms with E-state index < -0.39 is 0 Å². The van der Waals surface area contributed by atoms with Crippen LogP contribution in [0.25, 0.3) is 17.3 Å². The summed E-state index contributed by atoms with van der Waals surface area (Å²) >= 11 is 0. The second kappa shape index (κ2) is 10.7. The fourth-order valence-corrected chi connectivity index (χ4v) is 3.90. The number of benzene rings is 2. The van der Waals surface area contributed by atoms with Gasteiger partial charge in [0, 0.05) is 60.0 Å². The van der Waals surface area contributed by atoms with E-state index in [0.29, 0.717) is 23.7 Å². The van der Waals surface area contributed by atoms with E-state index in [0.717, 1.165) is 33.9 Å². The topological polar surface area (TPSA) is 97.6 Å². The van der Waals surface area contributed by atoms with Gasteiger partial charge in [0.1, 0.15) is 5.82 Å². The normalized spacial score (nSPS) is 10.6. The molecule has 0 aliphatic carbocycles. The zero-order valence-corrected chi connectivity index (χ0v) is 20.3. The van der Waals surface area contributed by atoms with Gasteiger partial charge in [0.05, 0.1) is 5.69 Å². The maximum absolute atomic E-state index is 13.1. The number of anilines is 3. The van der Waals surface area contributed by atoms with Gasteiger partial charge in [-0.05, 0) is 66.6 Å². The molecule has 0 spiro atoms. The Morgan fingerprint density at radius 2 is 1.95 bits per heavy atom. The molecule has 0 fully saturated rings. The third-order valence-electron chi connectivity index (χ3n) is 5.83. The molecule has 3 aromatic heterocycles. The lowest BCUT2D eigenvalue weighted by atomic mass is 10.1. The van der Waals surface area contributed by atoms with Crippen molar-refractivity contribution in [2.45, 2.75) is 13.5 Å². The number of amides is 1. The lowest BCUT2D eigenvalue weighted by Crippen LogP contribution is -2.13. The third kappa shape index (κ3) is 5.59. The highest BCUT2D eigenvalue weighted by Gasteiger charge is 2.11. The number of nitrogens with one attached hydrogen (secondary N) is 2. The standard InChI is InChI=1S/C29H25N7O/c1-3-27-31-14-15-36(27)19-21-6-4-8-24(16-21)33-28(37)22-10-9-20(2)26(17-22)35-29-32-13-11-25(34-29)23-7-5-12-30-18-23/h3-18H,1,19H2,2H3,(H,33,37)(H,32,34,35). The van der Waals surface area contributed by atoms with E-state index >= 15 is 0 Å². The molecule has 0 atom stereocenters. The van der Waals surface area contributed by atoms with E-state index in [2.05, 4.69) is 37.1 Å². The molecule has 3 heterocycles. The molecule has 0 saturated carbocycles. The van der Waals surface area contributed by atoms with Crippen LogP contribution in [0.1, 0.15) is 27.3 Å². The second-order valence-corrected chi connectivity index (χ2v) is 8.43. The van der Waals surface area contributed by atoms with Gasteiger partial charge in [-0.3, -0.25) is 9.78 Å². The number of aryl methyl sites for hydroxylation is 1. The van der Waals surface area contributed by atoms with Crippen LogP contribution in [-0.4, -0.2) is 30.4 Å². The summed E-state index contributed by atoms with van der Waals surface area (Å²) in [7, 11) is 0. The van der Waals surface area contributed by atoms with Crippen molar-refractivity contribution in [2.75, 3.05) is 10.6 Å². The van der Waals surface area contributed by atoms with Crippen molar-refractivity contribution in [3.05, 3.63) is 121 Å². The predicted molar refractivity (Wildman–Crippen MR) is 146 cm³/mol. The molecule has 8 heteroatoms. The molecule has 5 rings (SSSR count). The molecule has 0 aliphatic heterocycles. The van der Waals surface area contributed by atoms with Gasteiger partial charge in [-0.2, -0.15) is 0 Å². The van der Waals surface area contributed by atoms with Crippen LogP contribution in [0, 0.1) is 6.92 Å². The maximum atomic E-state index is 13.1. The predicted octanol–water partition coefficient (Wildman–Crippen LogP) is 5.73. The van der Waals surface area contributed by atoms with Gasteiger partial charge in [0.25, 0.3) is 5.91 Å². The van der Waals surface area contributed by atoms with Crippen molar-refractivity contribution >= 4 is 29.3 Å². The Balaban J connectivity index is 1.31. The van der Waals surface area contributed by atoms with Crippen LogP contribution in [0.5, 0.6) is 0 Å². The summed E-state index contributed by atoms with van der Waals surface area (Å²) in [4.78, 5) is 30.4. The molecule has 0 unspecified atom stereocenters. The number of imidazole rings is 1. The Hall–Kier alpha value is -5.11. The number of carbonyl (C=O) groups is 1. The fraction of sp³-hybridized carbons (Fsp3) is 0.0690. The van der Waals surface area contributed by atoms with Gasteiger partial charge in [0.2, 0.25) is 5.95 Å². The molecule has 37 heavy (non-hydrogen) atoms. The van der Waals surface area contributed by atoms with E-state index in [-0.39, 0.29) is 5.91 Å². The molecular weight excluding hydrogens is 462 g/mol. The van der Waals surface area contributed by atoms with Crippen LogP contribution in [-0.2, 0) is 6.54 Å². The summed E-state index contributed by atoms with van der Waals surface area (Å²) < 4.78 is 2.00. The van der Waals surface area contributed by atoms with Crippen LogP contribution in [0.3, 0.4) is 0 Å². The zero-order chi connectivity index (χ0) is 25.6.